The molecule has 0 aromatic heterocycles. The summed E-state index contributed by atoms with van der Waals surface area (Å²) in [5, 5.41) is 0. The van der Waals surface area contributed by atoms with E-state index in [0.29, 0.717) is 0 Å². The van der Waals surface area contributed by atoms with E-state index in [2.05, 4.69) is 19.9 Å². The first kappa shape index (κ1) is 22.9. The van der Waals surface area contributed by atoms with Gasteiger partial charge in [0.25, 0.3) is 0 Å². The highest BCUT2D eigenvalue weighted by molar-refractivity contribution is 8.17. The number of rotatable bonds is 8. The molecule has 4 atom stereocenters. The van der Waals surface area contributed by atoms with Gasteiger partial charge < -0.3 is 14.2 Å². The van der Waals surface area contributed by atoms with E-state index in [9.17, 15) is 9.59 Å². The molecule has 0 aromatic rings. The minimum absolute atomic E-state index is 0.0115. The van der Waals surface area contributed by atoms with Crippen molar-refractivity contribution in [2.24, 2.45) is 17.8 Å². The predicted molar refractivity (Wildman–Crippen MR) is 118 cm³/mol. The van der Waals surface area contributed by atoms with Crippen LogP contribution in [0, 0.1) is 17.8 Å². The number of allylic oxidation sites excluding steroid dienone is 1. The van der Waals surface area contributed by atoms with Crippen LogP contribution in [0.25, 0.3) is 0 Å². The molecule has 0 saturated carbocycles. The number of fused-ring (bicyclic) bond motifs is 1. The monoisotopic (exact) mass is 440 g/mol. The molecule has 7 heteroatoms. The van der Waals surface area contributed by atoms with Gasteiger partial charge in [-0.2, -0.15) is 0 Å². The molecule has 0 unspecified atom stereocenters. The highest BCUT2D eigenvalue weighted by Crippen LogP contribution is 2.50. The van der Waals surface area contributed by atoms with E-state index in [-0.39, 0.29) is 29.4 Å². The zero-order chi connectivity index (χ0) is 21.0. The number of methoxy groups -OCH3 is 1. The highest BCUT2D eigenvalue weighted by Gasteiger charge is 2.53. The van der Waals surface area contributed by atoms with E-state index in [1.165, 1.54) is 12.0 Å². The van der Waals surface area contributed by atoms with Gasteiger partial charge in [-0.15, -0.1) is 23.5 Å². The van der Waals surface area contributed by atoms with E-state index >= 15 is 0 Å². The van der Waals surface area contributed by atoms with Crippen molar-refractivity contribution < 1.29 is 23.8 Å². The summed E-state index contributed by atoms with van der Waals surface area (Å²) in [5.74, 6) is 0.486. The molecule has 3 rings (SSSR count). The van der Waals surface area contributed by atoms with Crippen molar-refractivity contribution >= 4 is 35.5 Å². The quantitative estimate of drug-likeness (QED) is 0.311. The van der Waals surface area contributed by atoms with Crippen LogP contribution in [0.4, 0.5) is 0 Å². The molecular weight excluding hydrogens is 408 g/mol. The molecule has 162 valence electrons. The fourth-order valence-electron chi connectivity index (χ4n) is 4.47. The summed E-state index contributed by atoms with van der Waals surface area (Å²) in [7, 11) is 1.62. The smallest absolute Gasteiger partial charge is 0.321 e. The first-order valence-electron chi connectivity index (χ1n) is 10.5. The zero-order valence-corrected chi connectivity index (χ0v) is 19.4. The number of unbranched alkanes of at least 4 members (excludes halogenated alkanes) is 1. The molecule has 2 saturated heterocycles. The lowest BCUT2D eigenvalue weighted by Crippen LogP contribution is -2.34. The van der Waals surface area contributed by atoms with Crippen LogP contribution in [-0.4, -0.2) is 48.0 Å². The van der Waals surface area contributed by atoms with Crippen molar-refractivity contribution in [3.8, 4) is 0 Å². The summed E-state index contributed by atoms with van der Waals surface area (Å²) in [6, 6.07) is 0. The Morgan fingerprint density at radius 3 is 2.66 bits per heavy atom. The third-order valence-corrected chi connectivity index (χ3v) is 8.89. The Kier molecular flexibility index (Phi) is 8.31. The predicted octanol–water partition coefficient (Wildman–Crippen LogP) is 4.57. The summed E-state index contributed by atoms with van der Waals surface area (Å²) >= 11 is 3.87. The fraction of sp³-hybridized carbons (Fsp3) is 0.727. The lowest BCUT2D eigenvalue weighted by molar-refractivity contribution is -0.153. The van der Waals surface area contributed by atoms with Crippen molar-refractivity contribution in [1.29, 1.82) is 0 Å². The standard InChI is InChI=1S/C22H32O5S2/c1-5-6-8-16(26-12-25-4)14(3)18-15(22-28-9-7-10-29-22)11-13(2)17-19(18)21(24)27-20(17)23/h11,13,16-17,19,22H,5-10,12H2,1-4H3/b18-14+/t13-,16-,17-,19-/m1/s1. The SMILES string of the molecule is CCCC[C@@H](OCOC)/C(C)=C1\C(C2SCCCS2)=C[C@@H](C)[C@H]2C(=O)OC(=O)[C@@H]12. The first-order chi connectivity index (χ1) is 14.0. The van der Waals surface area contributed by atoms with Crippen LogP contribution in [0.3, 0.4) is 0 Å². The third kappa shape index (κ3) is 4.94. The Labute approximate surface area is 182 Å². The molecule has 5 nitrogen and oxygen atoms in total. The first-order valence-corrected chi connectivity index (χ1v) is 12.6. The van der Waals surface area contributed by atoms with E-state index in [4.69, 9.17) is 14.2 Å². The Balaban J connectivity index is 2.06. The summed E-state index contributed by atoms with van der Waals surface area (Å²) in [6.07, 6.45) is 6.24. The summed E-state index contributed by atoms with van der Waals surface area (Å²) in [6.45, 7) is 6.44. The van der Waals surface area contributed by atoms with Gasteiger partial charge >= 0.3 is 11.9 Å². The second-order valence-corrected chi connectivity index (χ2v) is 10.7. The maximum Gasteiger partial charge on any atom is 0.321 e. The van der Waals surface area contributed by atoms with Gasteiger partial charge in [0.1, 0.15) is 6.79 Å². The molecule has 0 amide bonds. The number of hydrogen-bond acceptors (Lipinski definition) is 7. The largest absolute Gasteiger partial charge is 0.392 e. The molecule has 0 N–H and O–H groups in total. The van der Waals surface area contributed by atoms with E-state index < -0.39 is 17.8 Å². The number of carbonyl (C=O) groups is 2. The number of carbonyl (C=O) groups excluding carboxylic acids is 2. The van der Waals surface area contributed by atoms with Crippen LogP contribution in [-0.2, 0) is 23.8 Å². The Morgan fingerprint density at radius 2 is 2.00 bits per heavy atom. The molecule has 2 fully saturated rings. The van der Waals surface area contributed by atoms with Crippen LogP contribution >= 0.6 is 23.5 Å². The van der Waals surface area contributed by atoms with E-state index in [1.807, 2.05) is 30.4 Å². The summed E-state index contributed by atoms with van der Waals surface area (Å²) < 4.78 is 16.6. The molecule has 2 aliphatic heterocycles. The van der Waals surface area contributed by atoms with Crippen molar-refractivity contribution in [3.05, 3.63) is 22.8 Å². The van der Waals surface area contributed by atoms with Gasteiger partial charge in [-0.25, -0.2) is 0 Å². The minimum Gasteiger partial charge on any atom is -0.392 e. The summed E-state index contributed by atoms with van der Waals surface area (Å²) in [4.78, 5) is 25.2. The number of thioether (sulfide) groups is 2. The van der Waals surface area contributed by atoms with Gasteiger partial charge in [0, 0.05) is 7.11 Å². The number of cyclic esters (lactones) is 2. The van der Waals surface area contributed by atoms with Gasteiger partial charge in [0.05, 0.1) is 22.5 Å². The van der Waals surface area contributed by atoms with Gasteiger partial charge in [-0.1, -0.05) is 32.8 Å². The Morgan fingerprint density at radius 1 is 1.28 bits per heavy atom. The van der Waals surface area contributed by atoms with Gasteiger partial charge in [-0.3, -0.25) is 9.59 Å². The maximum absolute atomic E-state index is 12.8. The number of hydrogen-bond donors (Lipinski definition) is 0. The Bertz CT molecular complexity index is 673. The van der Waals surface area contributed by atoms with Crippen molar-refractivity contribution in [2.45, 2.75) is 57.1 Å². The van der Waals surface area contributed by atoms with Gasteiger partial charge in [0.2, 0.25) is 0 Å². The van der Waals surface area contributed by atoms with Crippen molar-refractivity contribution in [2.75, 3.05) is 25.4 Å². The molecular formula is C22H32O5S2. The van der Waals surface area contributed by atoms with Crippen LogP contribution in [0.1, 0.15) is 46.5 Å². The third-order valence-electron chi connectivity index (χ3n) is 5.91. The molecule has 0 aromatic carbocycles. The van der Waals surface area contributed by atoms with Crippen LogP contribution in [0.15, 0.2) is 22.8 Å². The lowest BCUT2D eigenvalue weighted by atomic mass is 9.70. The summed E-state index contributed by atoms with van der Waals surface area (Å²) in [5.41, 5.74) is 3.22. The second kappa shape index (κ2) is 10.5. The molecule has 3 aliphatic rings. The van der Waals surface area contributed by atoms with Crippen LogP contribution in [0.2, 0.25) is 0 Å². The van der Waals surface area contributed by atoms with Crippen molar-refractivity contribution in [1.82, 2.24) is 0 Å². The number of ether oxygens (including phenoxy) is 3. The van der Waals surface area contributed by atoms with E-state index in [1.54, 1.807) is 7.11 Å². The molecule has 0 bridgehead atoms. The second-order valence-electron chi connectivity index (χ2n) is 7.95. The average Bonchev–Trinajstić information content (AvgIpc) is 3.03. The normalized spacial score (nSPS) is 30.6. The topological polar surface area (TPSA) is 61.8 Å². The average molecular weight is 441 g/mol. The van der Waals surface area contributed by atoms with E-state index in [0.717, 1.165) is 41.9 Å². The van der Waals surface area contributed by atoms with Crippen molar-refractivity contribution in [3.63, 3.8) is 0 Å². The molecule has 0 spiro atoms. The van der Waals surface area contributed by atoms with Gasteiger partial charge in [-0.05, 0) is 53.9 Å². The highest BCUT2D eigenvalue weighted by atomic mass is 32.2. The molecule has 0 radical (unpaired) electrons. The minimum atomic E-state index is -0.518. The van der Waals surface area contributed by atoms with Crippen LogP contribution < -0.4 is 0 Å². The van der Waals surface area contributed by atoms with Gasteiger partial charge in [0.15, 0.2) is 0 Å². The fourth-order valence-corrected chi connectivity index (χ4v) is 7.43. The lowest BCUT2D eigenvalue weighted by Gasteiger charge is -2.36. The molecule has 29 heavy (non-hydrogen) atoms. The number of esters is 2. The Hall–Kier alpha value is -0.760. The molecule has 1 aliphatic carbocycles. The maximum atomic E-state index is 12.8. The zero-order valence-electron chi connectivity index (χ0n) is 17.8. The van der Waals surface area contributed by atoms with Crippen LogP contribution in [0.5, 0.6) is 0 Å². The molecule has 2 heterocycles.